The molecule has 2 heteroatoms. The van der Waals surface area contributed by atoms with Crippen LogP contribution >= 0.6 is 0 Å². The van der Waals surface area contributed by atoms with Crippen LogP contribution in [0.25, 0.3) is 0 Å². The summed E-state index contributed by atoms with van der Waals surface area (Å²) < 4.78 is 0. The highest BCUT2D eigenvalue weighted by molar-refractivity contribution is 4.91. The fourth-order valence-corrected chi connectivity index (χ4v) is 3.17. The summed E-state index contributed by atoms with van der Waals surface area (Å²) in [4.78, 5) is 0. The minimum absolute atomic E-state index is 0. The fourth-order valence-electron chi connectivity index (χ4n) is 3.17. The Morgan fingerprint density at radius 2 is 1.05 bits per heavy atom. The van der Waals surface area contributed by atoms with E-state index in [0.29, 0.717) is 0 Å². The van der Waals surface area contributed by atoms with Gasteiger partial charge in [-0.25, -0.2) is 0 Å². The summed E-state index contributed by atoms with van der Waals surface area (Å²) >= 11 is 0. The highest BCUT2D eigenvalue weighted by atomic mass is 16.0. The topological polar surface area (TPSA) is 57.5 Å². The van der Waals surface area contributed by atoms with Crippen molar-refractivity contribution >= 4 is 0 Å². The molecule has 0 unspecified atom stereocenters. The van der Waals surface area contributed by atoms with Gasteiger partial charge in [0.25, 0.3) is 0 Å². The molecule has 0 aromatic heterocycles. The van der Waals surface area contributed by atoms with E-state index >= 15 is 0 Å². The Kier molecular flexibility index (Phi) is 15.4. The molecule has 0 aliphatic carbocycles. The lowest BCUT2D eigenvalue weighted by atomic mass is 9.72. The van der Waals surface area contributed by atoms with Gasteiger partial charge in [-0.1, -0.05) is 79.1 Å². The SMILES string of the molecule is CCCCC(CCCC)C(N)(CCCC)CCCC.O. The van der Waals surface area contributed by atoms with Crippen molar-refractivity contribution in [2.24, 2.45) is 11.7 Å². The molecule has 0 aromatic rings. The third-order valence-electron chi connectivity index (χ3n) is 4.62. The molecular weight excluding hydrogens is 246 g/mol. The van der Waals surface area contributed by atoms with Gasteiger partial charge in [-0.05, 0) is 31.6 Å². The van der Waals surface area contributed by atoms with Gasteiger partial charge in [-0.3, -0.25) is 0 Å². The Bertz CT molecular complexity index is 178. The van der Waals surface area contributed by atoms with Crippen LogP contribution in [0.3, 0.4) is 0 Å². The molecular formula is C18H41NO. The maximum atomic E-state index is 6.90. The molecule has 0 aliphatic rings. The molecule has 0 heterocycles. The molecule has 4 N–H and O–H groups in total. The van der Waals surface area contributed by atoms with Gasteiger partial charge in [0.05, 0.1) is 0 Å². The number of hydrogen-bond donors (Lipinski definition) is 1. The lowest BCUT2D eigenvalue weighted by Gasteiger charge is -2.38. The van der Waals surface area contributed by atoms with Crippen molar-refractivity contribution in [2.45, 2.75) is 110 Å². The average molecular weight is 288 g/mol. The fraction of sp³-hybridized carbons (Fsp3) is 1.00. The van der Waals surface area contributed by atoms with Crippen LogP contribution in [0.1, 0.15) is 105 Å². The number of unbranched alkanes of at least 4 members (excludes halogenated alkanes) is 4. The first-order valence-electron chi connectivity index (χ1n) is 8.93. The Morgan fingerprint density at radius 3 is 1.35 bits per heavy atom. The standard InChI is InChI=1S/C18H39N.H2O/c1-5-9-13-17(14-10-6-2)18(19,15-11-7-3)16-12-8-4;/h17H,5-16,19H2,1-4H3;1H2. The summed E-state index contributed by atoms with van der Waals surface area (Å²) in [5, 5.41) is 0. The molecule has 0 spiro atoms. The summed E-state index contributed by atoms with van der Waals surface area (Å²) in [5.41, 5.74) is 7.02. The summed E-state index contributed by atoms with van der Waals surface area (Å²) in [7, 11) is 0. The van der Waals surface area contributed by atoms with Gasteiger partial charge in [-0.2, -0.15) is 0 Å². The summed E-state index contributed by atoms with van der Waals surface area (Å²) in [5.74, 6) is 0.755. The minimum Gasteiger partial charge on any atom is -0.412 e. The third-order valence-corrected chi connectivity index (χ3v) is 4.62. The van der Waals surface area contributed by atoms with Crippen LogP contribution < -0.4 is 5.73 Å². The highest BCUT2D eigenvalue weighted by Crippen LogP contribution is 2.34. The van der Waals surface area contributed by atoms with Crippen molar-refractivity contribution < 1.29 is 5.48 Å². The lowest BCUT2D eigenvalue weighted by Crippen LogP contribution is -2.47. The Morgan fingerprint density at radius 1 is 0.700 bits per heavy atom. The van der Waals surface area contributed by atoms with E-state index in [1.54, 1.807) is 0 Å². The molecule has 20 heavy (non-hydrogen) atoms. The maximum Gasteiger partial charge on any atom is 0.0182 e. The zero-order valence-corrected chi connectivity index (χ0v) is 14.6. The molecule has 2 nitrogen and oxygen atoms in total. The second kappa shape index (κ2) is 13.9. The van der Waals surface area contributed by atoms with Crippen LogP contribution in [0.5, 0.6) is 0 Å². The number of rotatable bonds is 13. The van der Waals surface area contributed by atoms with Gasteiger partial charge in [0.2, 0.25) is 0 Å². The minimum atomic E-state index is 0. The maximum absolute atomic E-state index is 6.90. The first-order chi connectivity index (χ1) is 9.14. The predicted octanol–water partition coefficient (Wildman–Crippen LogP) is 5.24. The van der Waals surface area contributed by atoms with Crippen molar-refractivity contribution in [2.75, 3.05) is 0 Å². The second-order valence-corrected chi connectivity index (χ2v) is 6.42. The first-order valence-corrected chi connectivity index (χ1v) is 8.93. The van der Waals surface area contributed by atoms with E-state index < -0.39 is 0 Å². The molecule has 0 fully saturated rings. The monoisotopic (exact) mass is 287 g/mol. The Balaban J connectivity index is 0. The summed E-state index contributed by atoms with van der Waals surface area (Å²) in [6.45, 7) is 9.17. The molecule has 0 aromatic carbocycles. The van der Waals surface area contributed by atoms with Crippen LogP contribution in [0, 0.1) is 5.92 Å². The Hall–Kier alpha value is -0.0800. The van der Waals surface area contributed by atoms with E-state index in [9.17, 15) is 0 Å². The van der Waals surface area contributed by atoms with Gasteiger partial charge in [0.15, 0.2) is 0 Å². The van der Waals surface area contributed by atoms with E-state index in [0.717, 1.165) is 5.92 Å². The van der Waals surface area contributed by atoms with E-state index in [1.807, 2.05) is 0 Å². The normalized spacial score (nSPS) is 11.7. The van der Waals surface area contributed by atoms with Crippen molar-refractivity contribution in [1.29, 1.82) is 0 Å². The van der Waals surface area contributed by atoms with Crippen molar-refractivity contribution in [3.63, 3.8) is 0 Å². The van der Waals surface area contributed by atoms with Crippen molar-refractivity contribution in [1.82, 2.24) is 0 Å². The van der Waals surface area contributed by atoms with Gasteiger partial charge >= 0.3 is 0 Å². The zero-order chi connectivity index (χ0) is 14.6. The van der Waals surface area contributed by atoms with Crippen LogP contribution in [0.2, 0.25) is 0 Å². The molecule has 0 radical (unpaired) electrons. The molecule has 0 bridgehead atoms. The molecule has 0 saturated carbocycles. The summed E-state index contributed by atoms with van der Waals surface area (Å²) in [6.07, 6.45) is 15.6. The molecule has 0 rings (SSSR count). The van der Waals surface area contributed by atoms with Crippen LogP contribution in [-0.2, 0) is 0 Å². The van der Waals surface area contributed by atoms with E-state index in [4.69, 9.17) is 5.73 Å². The molecule has 0 aliphatic heterocycles. The molecule has 0 amide bonds. The second-order valence-electron chi connectivity index (χ2n) is 6.42. The third kappa shape index (κ3) is 8.97. The predicted molar refractivity (Wildman–Crippen MR) is 92.1 cm³/mol. The van der Waals surface area contributed by atoms with E-state index in [2.05, 4.69) is 27.7 Å². The van der Waals surface area contributed by atoms with Crippen molar-refractivity contribution in [3.05, 3.63) is 0 Å². The smallest absolute Gasteiger partial charge is 0.0182 e. The van der Waals surface area contributed by atoms with E-state index in [1.165, 1.54) is 77.0 Å². The quantitative estimate of drug-likeness (QED) is 0.495. The van der Waals surface area contributed by atoms with Gasteiger partial charge in [0.1, 0.15) is 0 Å². The van der Waals surface area contributed by atoms with E-state index in [-0.39, 0.29) is 11.0 Å². The van der Waals surface area contributed by atoms with Crippen molar-refractivity contribution in [3.8, 4) is 0 Å². The number of nitrogens with two attached hydrogens (primary N) is 1. The Labute approximate surface area is 128 Å². The summed E-state index contributed by atoms with van der Waals surface area (Å²) in [6, 6.07) is 0. The average Bonchev–Trinajstić information content (AvgIpc) is 2.43. The zero-order valence-electron chi connectivity index (χ0n) is 14.6. The number of hydrogen-bond acceptors (Lipinski definition) is 1. The molecule has 124 valence electrons. The highest BCUT2D eigenvalue weighted by Gasteiger charge is 2.32. The largest absolute Gasteiger partial charge is 0.412 e. The van der Waals surface area contributed by atoms with Gasteiger partial charge < -0.3 is 11.2 Å². The van der Waals surface area contributed by atoms with Crippen LogP contribution in [0.15, 0.2) is 0 Å². The first kappa shape index (κ1) is 22.2. The molecule has 0 atom stereocenters. The molecule has 0 saturated heterocycles. The van der Waals surface area contributed by atoms with Gasteiger partial charge in [-0.15, -0.1) is 0 Å². The lowest BCUT2D eigenvalue weighted by molar-refractivity contribution is 0.194. The van der Waals surface area contributed by atoms with Crippen LogP contribution in [0.4, 0.5) is 0 Å². The van der Waals surface area contributed by atoms with Gasteiger partial charge in [0, 0.05) is 5.54 Å². The van der Waals surface area contributed by atoms with Crippen LogP contribution in [-0.4, -0.2) is 11.0 Å².